The van der Waals surface area contributed by atoms with Crippen LogP contribution in [0.2, 0.25) is 5.02 Å². The first-order chi connectivity index (χ1) is 7.15. The summed E-state index contributed by atoms with van der Waals surface area (Å²) in [5.74, 6) is 0.513. The van der Waals surface area contributed by atoms with E-state index in [4.69, 9.17) is 26.8 Å². The summed E-state index contributed by atoms with van der Waals surface area (Å²) in [5.41, 5.74) is 6.28. The molecule has 1 aromatic rings. The van der Waals surface area contributed by atoms with Crippen molar-refractivity contribution in [2.45, 2.75) is 6.92 Å². The second-order valence-corrected chi connectivity index (χ2v) is 4.17. The van der Waals surface area contributed by atoms with Crippen LogP contribution in [0.25, 0.3) is 0 Å². The number of anilines is 1. The fraction of sp³-hybridized carbons (Fsp3) is 0.400. The van der Waals surface area contributed by atoms with Crippen LogP contribution in [-0.2, 0) is 4.74 Å². The Kier molecular flexibility index (Phi) is 5.22. The van der Waals surface area contributed by atoms with Crippen LogP contribution in [0.5, 0.6) is 5.75 Å². The van der Waals surface area contributed by atoms with Crippen molar-refractivity contribution in [1.82, 2.24) is 0 Å². The Morgan fingerprint density at radius 2 is 2.13 bits per heavy atom. The summed E-state index contributed by atoms with van der Waals surface area (Å²) >= 11 is 9.27. The Labute approximate surface area is 103 Å². The number of benzene rings is 1. The largest absolute Gasteiger partial charge is 0.487 e. The SMILES string of the molecule is CCOCCOc1c(N)cc(Br)cc1Cl. The van der Waals surface area contributed by atoms with Crippen LogP contribution in [0.15, 0.2) is 16.6 Å². The molecule has 0 atom stereocenters. The van der Waals surface area contributed by atoms with Crippen LogP contribution < -0.4 is 10.5 Å². The van der Waals surface area contributed by atoms with Crippen LogP contribution in [0.4, 0.5) is 5.69 Å². The Hall–Kier alpha value is -0.450. The van der Waals surface area contributed by atoms with Gasteiger partial charge in [-0.25, -0.2) is 0 Å². The Morgan fingerprint density at radius 3 is 2.73 bits per heavy atom. The summed E-state index contributed by atoms with van der Waals surface area (Å²) in [6, 6.07) is 3.50. The maximum absolute atomic E-state index is 5.97. The molecule has 0 aliphatic heterocycles. The predicted molar refractivity (Wildman–Crippen MR) is 65.6 cm³/mol. The number of ether oxygens (including phenoxy) is 2. The van der Waals surface area contributed by atoms with Crippen LogP contribution >= 0.6 is 27.5 Å². The lowest BCUT2D eigenvalue weighted by molar-refractivity contribution is 0.110. The van der Waals surface area contributed by atoms with Gasteiger partial charge in [0, 0.05) is 11.1 Å². The molecule has 0 saturated carbocycles. The molecule has 0 spiro atoms. The van der Waals surface area contributed by atoms with Crippen molar-refractivity contribution >= 4 is 33.2 Å². The van der Waals surface area contributed by atoms with Gasteiger partial charge in [-0.15, -0.1) is 0 Å². The summed E-state index contributed by atoms with van der Waals surface area (Å²) < 4.78 is 11.4. The molecule has 84 valence electrons. The van der Waals surface area contributed by atoms with E-state index in [1.165, 1.54) is 0 Å². The van der Waals surface area contributed by atoms with Crippen LogP contribution in [0, 0.1) is 0 Å². The van der Waals surface area contributed by atoms with Crippen molar-refractivity contribution in [2.75, 3.05) is 25.6 Å². The molecule has 0 aliphatic carbocycles. The highest BCUT2D eigenvalue weighted by molar-refractivity contribution is 9.10. The minimum atomic E-state index is 0.444. The molecule has 0 amide bonds. The van der Waals surface area contributed by atoms with Gasteiger partial charge < -0.3 is 15.2 Å². The molecule has 0 aromatic heterocycles. The predicted octanol–water partition coefficient (Wildman–Crippen LogP) is 3.10. The molecule has 15 heavy (non-hydrogen) atoms. The van der Waals surface area contributed by atoms with E-state index in [0.717, 1.165) is 4.47 Å². The van der Waals surface area contributed by atoms with Crippen molar-refractivity contribution in [3.63, 3.8) is 0 Å². The van der Waals surface area contributed by atoms with Gasteiger partial charge in [-0.1, -0.05) is 27.5 Å². The molecule has 1 rings (SSSR count). The van der Waals surface area contributed by atoms with Crippen LogP contribution in [-0.4, -0.2) is 19.8 Å². The number of rotatable bonds is 5. The number of hydrogen-bond donors (Lipinski definition) is 1. The van der Waals surface area contributed by atoms with E-state index >= 15 is 0 Å². The van der Waals surface area contributed by atoms with Gasteiger partial charge in [-0.2, -0.15) is 0 Å². The van der Waals surface area contributed by atoms with Gasteiger partial charge in [0.05, 0.1) is 17.3 Å². The molecule has 0 bridgehead atoms. The molecular weight excluding hydrogens is 281 g/mol. The molecule has 0 radical (unpaired) electrons. The first kappa shape index (κ1) is 12.6. The summed E-state index contributed by atoms with van der Waals surface area (Å²) in [4.78, 5) is 0. The molecule has 0 heterocycles. The molecule has 3 nitrogen and oxygen atoms in total. The third-order valence-corrected chi connectivity index (χ3v) is 2.45. The quantitative estimate of drug-likeness (QED) is 0.670. The highest BCUT2D eigenvalue weighted by Gasteiger charge is 2.07. The third kappa shape index (κ3) is 3.89. The minimum Gasteiger partial charge on any atom is -0.487 e. The molecule has 0 saturated heterocycles. The number of halogens is 2. The van der Waals surface area contributed by atoms with Crippen molar-refractivity contribution in [3.8, 4) is 5.75 Å². The third-order valence-electron chi connectivity index (χ3n) is 1.72. The summed E-state index contributed by atoms with van der Waals surface area (Å²) in [6.07, 6.45) is 0. The number of nitrogens with two attached hydrogens (primary N) is 1. The van der Waals surface area contributed by atoms with Gasteiger partial charge in [0.2, 0.25) is 0 Å². The lowest BCUT2D eigenvalue weighted by Crippen LogP contribution is -2.07. The van der Waals surface area contributed by atoms with E-state index in [1.54, 1.807) is 12.1 Å². The van der Waals surface area contributed by atoms with Gasteiger partial charge in [0.1, 0.15) is 6.61 Å². The van der Waals surface area contributed by atoms with Gasteiger partial charge >= 0.3 is 0 Å². The lowest BCUT2D eigenvalue weighted by atomic mass is 10.3. The van der Waals surface area contributed by atoms with Crippen molar-refractivity contribution < 1.29 is 9.47 Å². The van der Waals surface area contributed by atoms with Gasteiger partial charge in [-0.05, 0) is 19.1 Å². The Morgan fingerprint density at radius 1 is 1.40 bits per heavy atom. The van der Waals surface area contributed by atoms with Crippen LogP contribution in [0.1, 0.15) is 6.92 Å². The second kappa shape index (κ2) is 6.20. The highest BCUT2D eigenvalue weighted by atomic mass is 79.9. The van der Waals surface area contributed by atoms with E-state index in [9.17, 15) is 0 Å². The van der Waals surface area contributed by atoms with Gasteiger partial charge in [0.25, 0.3) is 0 Å². The van der Waals surface area contributed by atoms with E-state index in [2.05, 4.69) is 15.9 Å². The van der Waals surface area contributed by atoms with Gasteiger partial charge in [0.15, 0.2) is 5.75 Å². The number of hydrogen-bond acceptors (Lipinski definition) is 3. The maximum atomic E-state index is 5.97. The van der Waals surface area contributed by atoms with E-state index in [1.807, 2.05) is 6.92 Å². The van der Waals surface area contributed by atoms with Crippen LogP contribution in [0.3, 0.4) is 0 Å². The number of nitrogen functional groups attached to an aromatic ring is 1. The maximum Gasteiger partial charge on any atom is 0.160 e. The fourth-order valence-electron chi connectivity index (χ4n) is 1.08. The zero-order valence-electron chi connectivity index (χ0n) is 8.43. The molecule has 2 N–H and O–H groups in total. The van der Waals surface area contributed by atoms with Crippen molar-refractivity contribution in [1.29, 1.82) is 0 Å². The fourth-order valence-corrected chi connectivity index (χ4v) is 1.97. The smallest absolute Gasteiger partial charge is 0.160 e. The average molecular weight is 295 g/mol. The highest BCUT2D eigenvalue weighted by Crippen LogP contribution is 2.34. The first-order valence-electron chi connectivity index (χ1n) is 4.60. The molecule has 1 aromatic carbocycles. The summed E-state index contributed by atoms with van der Waals surface area (Å²) in [5, 5.41) is 0.498. The minimum absolute atomic E-state index is 0.444. The zero-order valence-corrected chi connectivity index (χ0v) is 10.8. The van der Waals surface area contributed by atoms with E-state index in [-0.39, 0.29) is 0 Å². The monoisotopic (exact) mass is 293 g/mol. The van der Waals surface area contributed by atoms with Crippen molar-refractivity contribution in [2.24, 2.45) is 0 Å². The summed E-state index contributed by atoms with van der Waals surface area (Å²) in [7, 11) is 0. The molecule has 0 fully saturated rings. The summed E-state index contributed by atoms with van der Waals surface area (Å²) in [6.45, 7) is 3.58. The Balaban J connectivity index is 2.60. The average Bonchev–Trinajstić information content (AvgIpc) is 2.15. The Bertz CT molecular complexity index is 310. The molecular formula is C10H13BrClNO2. The first-order valence-corrected chi connectivity index (χ1v) is 5.77. The normalized spacial score (nSPS) is 10.3. The standard InChI is InChI=1S/C10H13BrClNO2/c1-2-14-3-4-15-10-8(12)5-7(11)6-9(10)13/h5-6H,2-4,13H2,1H3. The zero-order chi connectivity index (χ0) is 11.3. The lowest BCUT2D eigenvalue weighted by Gasteiger charge is -2.10. The van der Waals surface area contributed by atoms with E-state index < -0.39 is 0 Å². The van der Waals surface area contributed by atoms with Gasteiger partial charge in [-0.3, -0.25) is 0 Å². The van der Waals surface area contributed by atoms with E-state index in [0.29, 0.717) is 36.3 Å². The topological polar surface area (TPSA) is 44.5 Å². The molecule has 5 heteroatoms. The molecule has 0 unspecified atom stereocenters. The van der Waals surface area contributed by atoms with Crippen molar-refractivity contribution in [3.05, 3.63) is 21.6 Å². The molecule has 0 aliphatic rings. The second-order valence-electron chi connectivity index (χ2n) is 2.85.